The molecular weight excluding hydrogens is 1040 g/mol. The molecule has 8 nitrogen and oxygen atoms in total. The molecule has 0 aliphatic rings. The van der Waals surface area contributed by atoms with Crippen molar-refractivity contribution >= 4 is 64.6 Å². The van der Waals surface area contributed by atoms with Crippen molar-refractivity contribution in [3.8, 4) is 93.4 Å². The molecule has 0 N–H and O–H groups in total. The highest BCUT2D eigenvalue weighted by Crippen LogP contribution is 2.43. The van der Waals surface area contributed by atoms with Gasteiger partial charge in [0.25, 0.3) is 0 Å². The van der Waals surface area contributed by atoms with Crippen molar-refractivity contribution in [3.63, 3.8) is 0 Å². The van der Waals surface area contributed by atoms with E-state index in [0.29, 0.717) is 34.5 Å². The third-order valence-corrected chi connectivity index (χ3v) is 14.6. The molecule has 8 heteroatoms. The van der Waals surface area contributed by atoms with Gasteiger partial charge in [-0.2, -0.15) is 0 Å². The second kappa shape index (κ2) is 24.7. The van der Waals surface area contributed by atoms with Crippen LogP contribution in [0.25, 0.3) is 64.6 Å². The van der Waals surface area contributed by atoms with E-state index in [-0.39, 0.29) is 0 Å². The van der Waals surface area contributed by atoms with Gasteiger partial charge in [-0.3, -0.25) is 0 Å². The van der Waals surface area contributed by atoms with Crippen LogP contribution < -0.4 is 37.9 Å². The van der Waals surface area contributed by atoms with Gasteiger partial charge >= 0.3 is 0 Å². The van der Waals surface area contributed by atoms with Crippen molar-refractivity contribution in [2.75, 3.05) is 56.9 Å². The fourth-order valence-electron chi connectivity index (χ4n) is 10.6. The van der Waals surface area contributed by atoms with Crippen LogP contribution in [0.5, 0.6) is 46.0 Å². The van der Waals surface area contributed by atoms with E-state index in [1.54, 1.807) is 56.9 Å². The Kier molecular flexibility index (Phi) is 16.1. The smallest absolute Gasteiger partial charge is 0.203 e. The van der Waals surface area contributed by atoms with Crippen LogP contribution in [0, 0.1) is 47.4 Å². The number of ether oxygens (including phenoxy) is 8. The van der Waals surface area contributed by atoms with E-state index in [9.17, 15) is 0 Å². The van der Waals surface area contributed by atoms with E-state index in [1.807, 2.05) is 109 Å². The molecule has 12 aromatic carbocycles. The highest BCUT2D eigenvalue weighted by atomic mass is 16.5. The SMILES string of the molecule is COc1cc(C#Cc2c3cc4ccccc4cc3c(C#Cc3cc(OC)c(OC)c(OC)c3)c3cc4ccccc4cc23)cc(OC)c1OC.COc1cccc2c(C#Cc3ccccc3)c3cccc(OC)c3c(C#Cc3ccccc3)c12. The highest BCUT2D eigenvalue weighted by molar-refractivity contribution is 6.17. The average molecular weight is 1100 g/mol. The minimum Gasteiger partial charge on any atom is -0.496 e. The summed E-state index contributed by atoms with van der Waals surface area (Å²) in [4.78, 5) is 0. The lowest BCUT2D eigenvalue weighted by Gasteiger charge is -2.15. The van der Waals surface area contributed by atoms with Crippen LogP contribution in [0.4, 0.5) is 0 Å². The largest absolute Gasteiger partial charge is 0.496 e. The summed E-state index contributed by atoms with van der Waals surface area (Å²) in [6, 6.07) is 65.1. The van der Waals surface area contributed by atoms with Crippen LogP contribution in [0.2, 0.25) is 0 Å². The van der Waals surface area contributed by atoms with Gasteiger partial charge in [0.2, 0.25) is 11.5 Å². The van der Waals surface area contributed by atoms with Gasteiger partial charge < -0.3 is 37.9 Å². The third-order valence-electron chi connectivity index (χ3n) is 14.6. The zero-order valence-electron chi connectivity index (χ0n) is 47.7. The third kappa shape index (κ3) is 10.8. The van der Waals surface area contributed by atoms with Crippen LogP contribution in [-0.4, -0.2) is 56.9 Å². The summed E-state index contributed by atoms with van der Waals surface area (Å²) in [5, 5.41) is 12.3. The quantitative estimate of drug-likeness (QED) is 0.110. The predicted molar refractivity (Wildman–Crippen MR) is 340 cm³/mol. The van der Waals surface area contributed by atoms with Crippen LogP contribution in [-0.2, 0) is 0 Å². The molecule has 0 heterocycles. The van der Waals surface area contributed by atoms with E-state index in [2.05, 4.69) is 132 Å². The van der Waals surface area contributed by atoms with Gasteiger partial charge in [-0.05, 0) is 128 Å². The van der Waals surface area contributed by atoms with Crippen molar-refractivity contribution in [1.82, 2.24) is 0 Å². The number of methoxy groups -OCH3 is 8. The van der Waals surface area contributed by atoms with Crippen molar-refractivity contribution in [1.29, 1.82) is 0 Å². The molecule has 0 unspecified atom stereocenters. The zero-order valence-corrected chi connectivity index (χ0v) is 47.7. The maximum Gasteiger partial charge on any atom is 0.203 e. The Bertz CT molecular complexity index is 4400. The molecule has 84 heavy (non-hydrogen) atoms. The Morgan fingerprint density at radius 3 is 0.810 bits per heavy atom. The van der Waals surface area contributed by atoms with Gasteiger partial charge in [-0.1, -0.05) is 157 Å². The summed E-state index contributed by atoms with van der Waals surface area (Å²) < 4.78 is 45.2. The first-order valence-electron chi connectivity index (χ1n) is 27.0. The van der Waals surface area contributed by atoms with Crippen molar-refractivity contribution in [2.24, 2.45) is 0 Å². The topological polar surface area (TPSA) is 73.8 Å². The lowest BCUT2D eigenvalue weighted by atomic mass is 9.88. The molecule has 0 atom stereocenters. The van der Waals surface area contributed by atoms with E-state index in [0.717, 1.165) is 121 Å². The van der Waals surface area contributed by atoms with Gasteiger partial charge in [0, 0.05) is 66.1 Å². The predicted octanol–water partition coefficient (Wildman–Crippen LogP) is 16.0. The Morgan fingerprint density at radius 2 is 0.500 bits per heavy atom. The van der Waals surface area contributed by atoms with Crippen molar-refractivity contribution < 1.29 is 37.9 Å². The Hall–Kier alpha value is -11.2. The fraction of sp³-hybridized carbons (Fsp3) is 0.105. The first-order chi connectivity index (χ1) is 41.3. The van der Waals surface area contributed by atoms with Gasteiger partial charge in [-0.15, -0.1) is 0 Å². The van der Waals surface area contributed by atoms with Gasteiger partial charge in [-0.25, -0.2) is 0 Å². The first kappa shape index (κ1) is 54.8. The number of benzene rings is 12. The molecule has 12 rings (SSSR count). The molecule has 0 amide bonds. The maximum atomic E-state index is 5.80. The standard InChI is InChI=1S/C44H34O6.C32H22O2/c1-45-39-19-27(20-40(46-2)43(39)49-5)15-17-33-35-23-29-11-7-9-13-31(29)25-37(35)34(38-26-32-14-10-8-12-30(32)24-36(33)38)18-16-28-21-41(47-3)44(50-6)42(22-28)48-4;1-33-29-17-9-15-26-25(21-19-23-11-5-3-6-12-23)27-16-10-18-30(34-2)32(27)28(31(26)29)22-20-24-13-7-4-8-14-24/h7-14,19-26H,1-6H3;3-18H,1-2H3. The van der Waals surface area contributed by atoms with Crippen LogP contribution in [0.3, 0.4) is 0 Å². The number of hydrogen-bond donors (Lipinski definition) is 0. The monoisotopic (exact) mass is 1100 g/mol. The normalized spacial score (nSPS) is 10.5. The van der Waals surface area contributed by atoms with E-state index in [1.165, 1.54) is 0 Å². The van der Waals surface area contributed by atoms with Crippen LogP contribution >= 0.6 is 0 Å². The molecule has 0 saturated carbocycles. The Balaban J connectivity index is 0.000000189. The minimum absolute atomic E-state index is 0.518. The van der Waals surface area contributed by atoms with Gasteiger partial charge in [0.05, 0.1) is 56.9 Å². The molecule has 12 aromatic rings. The summed E-state index contributed by atoms with van der Waals surface area (Å²) in [7, 11) is 13.0. The average Bonchev–Trinajstić information content (AvgIpc) is 1.42. The fourth-order valence-corrected chi connectivity index (χ4v) is 10.6. The second-order valence-electron chi connectivity index (χ2n) is 19.3. The molecular formula is C76H56O8. The molecule has 0 spiro atoms. The number of hydrogen-bond acceptors (Lipinski definition) is 8. The zero-order chi connectivity index (χ0) is 58.1. The molecule has 0 aromatic heterocycles. The van der Waals surface area contributed by atoms with E-state index < -0.39 is 0 Å². The molecule has 0 saturated heterocycles. The van der Waals surface area contributed by atoms with E-state index in [4.69, 9.17) is 37.9 Å². The van der Waals surface area contributed by atoms with Crippen molar-refractivity contribution in [2.45, 2.75) is 0 Å². The molecule has 0 radical (unpaired) electrons. The highest BCUT2D eigenvalue weighted by Gasteiger charge is 2.20. The molecule has 0 aliphatic carbocycles. The summed E-state index contributed by atoms with van der Waals surface area (Å²) in [6.45, 7) is 0. The van der Waals surface area contributed by atoms with Crippen molar-refractivity contribution in [3.05, 3.63) is 239 Å². The lowest BCUT2D eigenvalue weighted by molar-refractivity contribution is 0.324. The second-order valence-corrected chi connectivity index (χ2v) is 19.3. The minimum atomic E-state index is 0.518. The Labute approximate surface area is 489 Å². The summed E-state index contributed by atoms with van der Waals surface area (Å²) in [5.74, 6) is 32.2. The number of rotatable bonds is 8. The van der Waals surface area contributed by atoms with Gasteiger partial charge in [0.1, 0.15) is 11.5 Å². The van der Waals surface area contributed by atoms with Crippen LogP contribution in [0.15, 0.2) is 194 Å². The first-order valence-corrected chi connectivity index (χ1v) is 27.0. The Morgan fingerprint density at radius 1 is 0.214 bits per heavy atom. The maximum absolute atomic E-state index is 5.80. The summed E-state index contributed by atoms with van der Waals surface area (Å²) in [6.07, 6.45) is 0. The molecule has 0 bridgehead atoms. The van der Waals surface area contributed by atoms with E-state index >= 15 is 0 Å². The lowest BCUT2D eigenvalue weighted by Crippen LogP contribution is -1.96. The van der Waals surface area contributed by atoms with Gasteiger partial charge in [0.15, 0.2) is 23.0 Å². The molecule has 408 valence electrons. The molecule has 0 fully saturated rings. The summed E-state index contributed by atoms with van der Waals surface area (Å²) >= 11 is 0. The molecule has 0 aliphatic heterocycles. The summed E-state index contributed by atoms with van der Waals surface area (Å²) in [5.41, 5.74) is 6.97. The van der Waals surface area contributed by atoms with Crippen LogP contribution in [0.1, 0.15) is 44.5 Å². The number of fused-ring (bicyclic) bond motifs is 6.